The summed E-state index contributed by atoms with van der Waals surface area (Å²) in [5.74, 6) is -0.768. The van der Waals surface area contributed by atoms with E-state index < -0.39 is 41.9 Å². The smallest absolute Gasteiger partial charge is 0.339 e. The molecule has 0 radical (unpaired) electrons. The Kier molecular flexibility index (Phi) is 7.64. The van der Waals surface area contributed by atoms with Crippen LogP contribution in [0.1, 0.15) is 13.2 Å². The fraction of sp³-hybridized carbons (Fsp3) is 0.438. The zero-order chi connectivity index (χ0) is 20.0. The fourth-order valence-corrected chi connectivity index (χ4v) is 2.39. The Balaban J connectivity index is 2.45. The summed E-state index contributed by atoms with van der Waals surface area (Å²) < 4.78 is 39.6. The average molecular weight is 443 g/mol. The highest BCUT2D eigenvalue weighted by atomic mass is 35.5. The molecular formula is C16H16Cl3F2N3O3. The van der Waals surface area contributed by atoms with Crippen LogP contribution in [0.5, 0.6) is 5.75 Å². The van der Waals surface area contributed by atoms with E-state index in [9.17, 15) is 13.6 Å². The number of carbonyl (C=O) groups excluding carboxylic acids is 1. The van der Waals surface area contributed by atoms with Crippen molar-refractivity contribution < 1.29 is 23.0 Å². The van der Waals surface area contributed by atoms with Crippen LogP contribution >= 0.6 is 34.8 Å². The molecule has 0 spiro atoms. The Morgan fingerprint density at radius 1 is 1.26 bits per heavy atom. The summed E-state index contributed by atoms with van der Waals surface area (Å²) in [6.45, 7) is -1.03. The molecule has 0 fully saturated rings. The Hall–Kier alpha value is -1.64. The second-order valence-electron chi connectivity index (χ2n) is 5.92. The summed E-state index contributed by atoms with van der Waals surface area (Å²) in [6.07, 6.45) is -0.249. The van der Waals surface area contributed by atoms with Crippen molar-refractivity contribution >= 4 is 40.8 Å². The minimum atomic E-state index is -1.75. The quantitative estimate of drug-likeness (QED) is 0.431. The maximum atomic E-state index is 13.7. The van der Waals surface area contributed by atoms with Gasteiger partial charge in [-0.2, -0.15) is 5.10 Å². The van der Waals surface area contributed by atoms with E-state index in [1.807, 2.05) is 0 Å². The first-order valence-corrected chi connectivity index (χ1v) is 8.92. The van der Waals surface area contributed by atoms with Crippen molar-refractivity contribution in [1.29, 1.82) is 0 Å². The van der Waals surface area contributed by atoms with Crippen molar-refractivity contribution in [3.8, 4) is 5.75 Å². The third kappa shape index (κ3) is 5.43. The molecular weight excluding hydrogens is 427 g/mol. The summed E-state index contributed by atoms with van der Waals surface area (Å²) in [5, 5.41) is 4.40. The fourth-order valence-electron chi connectivity index (χ4n) is 2.16. The molecule has 0 saturated heterocycles. The maximum Gasteiger partial charge on any atom is 0.339 e. The molecule has 0 aliphatic carbocycles. The molecule has 1 aromatic carbocycles. The molecule has 0 aliphatic heterocycles. The van der Waals surface area contributed by atoms with E-state index in [-0.39, 0.29) is 0 Å². The zero-order valence-electron chi connectivity index (χ0n) is 14.1. The van der Waals surface area contributed by atoms with E-state index in [1.54, 1.807) is 24.3 Å². The minimum absolute atomic E-state index is 0.300. The van der Waals surface area contributed by atoms with Crippen LogP contribution in [0.4, 0.5) is 8.78 Å². The number of benzene rings is 1. The number of esters is 1. The standard InChI is InChI=1S/C16H16Cl3F2N3O3/c1-16(6-20,7-21)12(27-15(25)13(18)19)14(24-9-22-8-23-24)26-11-4-2-10(17)3-5-11/h2-5,8-9,12-14H,6-7H2,1H3. The molecule has 6 nitrogen and oxygen atoms in total. The summed E-state index contributed by atoms with van der Waals surface area (Å²) >= 11 is 16.9. The second kappa shape index (κ2) is 9.52. The van der Waals surface area contributed by atoms with Crippen molar-refractivity contribution in [3.05, 3.63) is 41.9 Å². The Bertz CT molecular complexity index is 728. The van der Waals surface area contributed by atoms with Gasteiger partial charge < -0.3 is 9.47 Å². The molecule has 11 heteroatoms. The average Bonchev–Trinajstić information content (AvgIpc) is 3.19. The van der Waals surface area contributed by atoms with Gasteiger partial charge in [-0.3, -0.25) is 8.78 Å². The molecule has 148 valence electrons. The van der Waals surface area contributed by atoms with E-state index in [1.165, 1.54) is 24.3 Å². The lowest BCUT2D eigenvalue weighted by atomic mass is 9.85. The van der Waals surface area contributed by atoms with Crippen LogP contribution in [0.3, 0.4) is 0 Å². The van der Waals surface area contributed by atoms with E-state index >= 15 is 0 Å². The van der Waals surface area contributed by atoms with E-state index in [2.05, 4.69) is 10.1 Å². The van der Waals surface area contributed by atoms with Crippen molar-refractivity contribution in [3.63, 3.8) is 0 Å². The number of nitrogens with zero attached hydrogens (tertiary/aromatic N) is 3. The largest absolute Gasteiger partial charge is 0.465 e. The predicted molar refractivity (Wildman–Crippen MR) is 96.6 cm³/mol. The molecule has 0 N–H and O–H groups in total. The lowest BCUT2D eigenvalue weighted by molar-refractivity contribution is -0.172. The van der Waals surface area contributed by atoms with Gasteiger partial charge in [0.1, 0.15) is 31.8 Å². The van der Waals surface area contributed by atoms with Crippen molar-refractivity contribution in [2.75, 3.05) is 13.3 Å². The monoisotopic (exact) mass is 441 g/mol. The first-order valence-electron chi connectivity index (χ1n) is 7.67. The molecule has 1 aromatic heterocycles. The van der Waals surface area contributed by atoms with Gasteiger partial charge in [-0.25, -0.2) is 14.5 Å². The van der Waals surface area contributed by atoms with Crippen molar-refractivity contribution in [2.45, 2.75) is 24.1 Å². The highest BCUT2D eigenvalue weighted by Gasteiger charge is 2.46. The SMILES string of the molecule is CC(CF)(CF)C(OC(=O)C(Cl)Cl)C(Oc1ccc(Cl)cc1)n1cncn1. The lowest BCUT2D eigenvalue weighted by Gasteiger charge is -2.37. The predicted octanol–water partition coefficient (Wildman–Crippen LogP) is 4.17. The molecule has 0 saturated carbocycles. The number of hydrogen-bond acceptors (Lipinski definition) is 5. The molecule has 27 heavy (non-hydrogen) atoms. The van der Waals surface area contributed by atoms with Gasteiger partial charge in [0.15, 0.2) is 6.10 Å². The van der Waals surface area contributed by atoms with Crippen LogP contribution in [0.15, 0.2) is 36.9 Å². The highest BCUT2D eigenvalue weighted by Crippen LogP contribution is 2.35. The Morgan fingerprint density at radius 3 is 2.37 bits per heavy atom. The number of rotatable bonds is 9. The normalized spacial score (nSPS) is 14.0. The maximum absolute atomic E-state index is 13.7. The Morgan fingerprint density at radius 2 is 1.89 bits per heavy atom. The van der Waals surface area contributed by atoms with E-state index in [0.29, 0.717) is 10.8 Å². The number of carbonyl (C=O) groups is 1. The van der Waals surface area contributed by atoms with Crippen molar-refractivity contribution in [2.24, 2.45) is 5.41 Å². The van der Waals surface area contributed by atoms with Crippen LogP contribution in [0, 0.1) is 5.41 Å². The molecule has 0 bridgehead atoms. The van der Waals surface area contributed by atoms with Crippen LogP contribution in [-0.2, 0) is 9.53 Å². The van der Waals surface area contributed by atoms with Crippen LogP contribution < -0.4 is 4.74 Å². The van der Waals surface area contributed by atoms with Gasteiger partial charge in [0.05, 0.1) is 5.41 Å². The third-order valence-electron chi connectivity index (χ3n) is 3.75. The number of hydrogen-bond donors (Lipinski definition) is 0. The first kappa shape index (κ1) is 21.7. The molecule has 1 heterocycles. The van der Waals surface area contributed by atoms with Gasteiger partial charge in [-0.1, -0.05) is 41.7 Å². The molecule has 2 unspecified atom stereocenters. The number of ether oxygens (including phenoxy) is 2. The topological polar surface area (TPSA) is 66.2 Å². The molecule has 2 rings (SSSR count). The summed E-state index contributed by atoms with van der Waals surface area (Å²) in [5.41, 5.74) is -1.75. The zero-order valence-corrected chi connectivity index (χ0v) is 16.3. The molecule has 2 atom stereocenters. The van der Waals surface area contributed by atoms with Gasteiger partial charge in [0, 0.05) is 5.02 Å². The van der Waals surface area contributed by atoms with Crippen LogP contribution in [0.2, 0.25) is 5.02 Å². The minimum Gasteiger partial charge on any atom is -0.465 e. The van der Waals surface area contributed by atoms with Crippen LogP contribution in [-0.4, -0.2) is 45.0 Å². The highest BCUT2D eigenvalue weighted by molar-refractivity contribution is 6.52. The van der Waals surface area contributed by atoms with Gasteiger partial charge in [0.25, 0.3) is 0 Å². The van der Waals surface area contributed by atoms with Gasteiger partial charge in [-0.05, 0) is 24.3 Å². The van der Waals surface area contributed by atoms with Gasteiger partial charge >= 0.3 is 5.97 Å². The lowest BCUT2D eigenvalue weighted by Crippen LogP contribution is -2.48. The van der Waals surface area contributed by atoms with Gasteiger partial charge in [-0.15, -0.1) is 0 Å². The molecule has 0 amide bonds. The summed E-state index contributed by atoms with van der Waals surface area (Å²) in [4.78, 5) is 14.2. The first-order chi connectivity index (χ1) is 12.8. The van der Waals surface area contributed by atoms with E-state index in [0.717, 1.165) is 0 Å². The summed E-state index contributed by atoms with van der Waals surface area (Å²) in [6, 6.07) is 6.21. The number of alkyl halides is 4. The number of halogens is 5. The third-order valence-corrected chi connectivity index (χ3v) is 4.35. The summed E-state index contributed by atoms with van der Waals surface area (Å²) in [7, 11) is 0. The molecule has 2 aromatic rings. The Labute approximate surface area is 169 Å². The van der Waals surface area contributed by atoms with Gasteiger partial charge in [0.2, 0.25) is 11.1 Å². The van der Waals surface area contributed by atoms with E-state index in [4.69, 9.17) is 44.3 Å². The van der Waals surface area contributed by atoms with Crippen LogP contribution in [0.25, 0.3) is 0 Å². The molecule has 0 aliphatic rings. The second-order valence-corrected chi connectivity index (χ2v) is 7.45. The van der Waals surface area contributed by atoms with Crippen molar-refractivity contribution in [1.82, 2.24) is 14.8 Å². The number of aromatic nitrogens is 3.